The van der Waals surface area contributed by atoms with Gasteiger partial charge >= 0.3 is 5.84 Å². The summed E-state index contributed by atoms with van der Waals surface area (Å²) in [5.41, 5.74) is 10.1. The second-order valence-corrected chi connectivity index (χ2v) is 8.35. The number of nitrogens with one attached hydrogen (secondary N) is 1. The molecule has 0 amide bonds. The lowest BCUT2D eigenvalue weighted by molar-refractivity contribution is -0.397. The van der Waals surface area contributed by atoms with Crippen molar-refractivity contribution in [3.63, 3.8) is 0 Å². The summed E-state index contributed by atoms with van der Waals surface area (Å²) in [5.74, 6) is 1.23. The van der Waals surface area contributed by atoms with Gasteiger partial charge in [-0.25, -0.2) is 19.5 Å². The van der Waals surface area contributed by atoms with Crippen LogP contribution in [0.5, 0.6) is 0 Å². The first-order valence-corrected chi connectivity index (χ1v) is 11.4. The molecule has 2 aromatic rings. The van der Waals surface area contributed by atoms with Crippen LogP contribution in [-0.4, -0.2) is 83.6 Å². The van der Waals surface area contributed by atoms with E-state index in [0.717, 1.165) is 36.4 Å². The van der Waals surface area contributed by atoms with E-state index in [9.17, 15) is 0 Å². The van der Waals surface area contributed by atoms with Crippen molar-refractivity contribution in [2.24, 2.45) is 15.0 Å². The summed E-state index contributed by atoms with van der Waals surface area (Å²) in [5, 5.41) is 7.84. The van der Waals surface area contributed by atoms with Crippen LogP contribution in [0.1, 0.15) is 0 Å². The number of nitrogens with two attached hydrogens (primary N) is 1. The van der Waals surface area contributed by atoms with Gasteiger partial charge in [0, 0.05) is 37.9 Å². The molecule has 0 bridgehead atoms. The topological polar surface area (TPSA) is 140 Å². The maximum Gasteiger partial charge on any atom is 0.311 e. The van der Waals surface area contributed by atoms with E-state index in [2.05, 4.69) is 88.8 Å². The van der Waals surface area contributed by atoms with Gasteiger partial charge in [-0.3, -0.25) is 5.41 Å². The van der Waals surface area contributed by atoms with Gasteiger partial charge in [-0.15, -0.1) is 4.99 Å². The number of rotatable bonds is 6. The van der Waals surface area contributed by atoms with Gasteiger partial charge in [0.2, 0.25) is 6.34 Å². The molecule has 178 valence electrons. The molecule has 2 aromatic heterocycles. The molecule has 0 aromatic carbocycles. The largest absolute Gasteiger partial charge is 0.382 e. The number of nitrogens with zero attached hydrogens (tertiary/aromatic N) is 10. The van der Waals surface area contributed by atoms with Crippen LogP contribution >= 0.6 is 0 Å². The highest BCUT2D eigenvalue weighted by molar-refractivity contribution is 6.69. The molecule has 0 atom stereocenters. The number of aliphatic imine (C=N–C) groups is 3. The Bertz CT molecular complexity index is 1490. The standard InChI is InChI=1S/C24H23N12/c25-21-19-23(29-13-27-21)35(15-31-19)11-9-33-5-1-17(2-6-33)18-3-7-34(8-4-18)10-12-36-16-32-20-22(26)28-14-30-24(20)36/h1-8,13-16,25H,9-12H2,(H2,26,28,30)/q+1. The molecule has 0 spiro atoms. The molecule has 0 aliphatic carbocycles. The third kappa shape index (κ3) is 4.04. The number of amidine groups is 2. The molecule has 0 unspecified atom stereocenters. The number of hydrogen-bond donors (Lipinski definition) is 2. The number of nitrogen functional groups attached to an aromatic ring is 1. The van der Waals surface area contributed by atoms with Crippen molar-refractivity contribution in [1.29, 1.82) is 5.41 Å². The van der Waals surface area contributed by atoms with Crippen molar-refractivity contribution in [1.82, 2.24) is 29.3 Å². The number of hydrogen-bond acceptors (Lipinski definition) is 9. The number of imidazole rings is 1. The SMILES string of the molecule is N=C1N=CN=C2C1=NC=[N+]2CCN1C=CC(=C2C=CN(CCn3cnc4c(N)ncnc43)C=C2)C=C1. The minimum atomic E-state index is 0.148. The van der Waals surface area contributed by atoms with Gasteiger partial charge in [0.05, 0.1) is 19.4 Å². The van der Waals surface area contributed by atoms with E-state index in [0.29, 0.717) is 29.4 Å². The Hall–Kier alpha value is -5.00. The van der Waals surface area contributed by atoms with E-state index in [1.54, 1.807) is 12.7 Å². The van der Waals surface area contributed by atoms with E-state index in [-0.39, 0.29) is 5.84 Å². The Morgan fingerprint density at radius 3 is 2.33 bits per heavy atom. The summed E-state index contributed by atoms with van der Waals surface area (Å²) in [6, 6.07) is 0. The predicted molar refractivity (Wildman–Crippen MR) is 139 cm³/mol. The van der Waals surface area contributed by atoms with E-state index >= 15 is 0 Å². The number of fused-ring (bicyclic) bond motifs is 2. The highest BCUT2D eigenvalue weighted by Gasteiger charge is 2.32. The van der Waals surface area contributed by atoms with Gasteiger partial charge in [-0.2, -0.15) is 4.99 Å². The van der Waals surface area contributed by atoms with Gasteiger partial charge in [0.25, 0.3) is 5.71 Å². The molecular formula is C24H23N12+. The second-order valence-electron chi connectivity index (χ2n) is 8.35. The fraction of sp³-hybridized carbons (Fsp3) is 0.167. The van der Waals surface area contributed by atoms with Crippen LogP contribution in [0.3, 0.4) is 0 Å². The average Bonchev–Trinajstić information content (AvgIpc) is 3.53. The van der Waals surface area contributed by atoms with Crippen molar-refractivity contribution < 1.29 is 4.58 Å². The molecule has 12 heteroatoms. The molecule has 4 aliphatic rings. The maximum absolute atomic E-state index is 7.84. The van der Waals surface area contributed by atoms with E-state index < -0.39 is 0 Å². The molecule has 3 N–H and O–H groups in total. The van der Waals surface area contributed by atoms with Gasteiger partial charge in [-0.1, -0.05) is 4.99 Å². The average molecular weight is 480 g/mol. The molecule has 4 aliphatic heterocycles. The summed E-state index contributed by atoms with van der Waals surface area (Å²) >= 11 is 0. The van der Waals surface area contributed by atoms with Gasteiger partial charge in [0.15, 0.2) is 23.6 Å². The second kappa shape index (κ2) is 8.98. The van der Waals surface area contributed by atoms with Crippen LogP contribution in [0.2, 0.25) is 0 Å². The van der Waals surface area contributed by atoms with Crippen molar-refractivity contribution in [3.05, 3.63) is 72.9 Å². The summed E-state index contributed by atoms with van der Waals surface area (Å²) in [6.45, 7) is 2.97. The number of anilines is 1. The Balaban J connectivity index is 1.02. The highest BCUT2D eigenvalue weighted by atomic mass is 15.2. The minimum Gasteiger partial charge on any atom is -0.382 e. The Labute approximate surface area is 206 Å². The van der Waals surface area contributed by atoms with E-state index in [1.807, 2.05) is 9.14 Å². The van der Waals surface area contributed by atoms with Crippen LogP contribution in [-0.2, 0) is 6.54 Å². The fourth-order valence-corrected chi connectivity index (χ4v) is 4.15. The van der Waals surface area contributed by atoms with Gasteiger partial charge < -0.3 is 20.1 Å². The summed E-state index contributed by atoms with van der Waals surface area (Å²) < 4.78 is 3.93. The van der Waals surface area contributed by atoms with Gasteiger partial charge in [-0.05, 0) is 35.5 Å². The van der Waals surface area contributed by atoms with Crippen molar-refractivity contribution >= 4 is 47.0 Å². The molecule has 0 radical (unpaired) electrons. The minimum absolute atomic E-state index is 0.148. The van der Waals surface area contributed by atoms with Crippen molar-refractivity contribution in [3.8, 4) is 0 Å². The summed E-state index contributed by atoms with van der Waals surface area (Å²) in [7, 11) is 0. The van der Waals surface area contributed by atoms with E-state index in [1.165, 1.54) is 12.7 Å². The number of aromatic nitrogens is 4. The van der Waals surface area contributed by atoms with Gasteiger partial charge in [0.1, 0.15) is 11.8 Å². The van der Waals surface area contributed by atoms with Crippen LogP contribution in [0, 0.1) is 5.41 Å². The quantitative estimate of drug-likeness (QED) is 0.599. The highest BCUT2D eigenvalue weighted by Crippen LogP contribution is 2.20. The third-order valence-corrected chi connectivity index (χ3v) is 6.14. The Kier molecular flexibility index (Phi) is 5.37. The maximum atomic E-state index is 7.84. The third-order valence-electron chi connectivity index (χ3n) is 6.14. The summed E-state index contributed by atoms with van der Waals surface area (Å²) in [6.07, 6.45) is 23.1. The van der Waals surface area contributed by atoms with Crippen molar-refractivity contribution in [2.45, 2.75) is 6.54 Å². The van der Waals surface area contributed by atoms with Crippen LogP contribution in [0.25, 0.3) is 11.2 Å². The monoisotopic (exact) mass is 479 g/mol. The van der Waals surface area contributed by atoms with Crippen LogP contribution in [0.4, 0.5) is 5.82 Å². The lowest BCUT2D eigenvalue weighted by Gasteiger charge is -2.22. The smallest absolute Gasteiger partial charge is 0.311 e. The normalized spacial score (nSPS) is 18.3. The Morgan fingerprint density at radius 1 is 0.861 bits per heavy atom. The zero-order valence-corrected chi connectivity index (χ0v) is 19.3. The molecule has 12 nitrogen and oxygen atoms in total. The van der Waals surface area contributed by atoms with Crippen LogP contribution in [0.15, 0.2) is 87.9 Å². The fourth-order valence-electron chi connectivity index (χ4n) is 4.15. The lowest BCUT2D eigenvalue weighted by Crippen LogP contribution is -2.34. The molecule has 0 fully saturated rings. The zero-order chi connectivity index (χ0) is 24.5. The first kappa shape index (κ1) is 21.5. The van der Waals surface area contributed by atoms with Crippen LogP contribution < -0.4 is 5.73 Å². The molecule has 36 heavy (non-hydrogen) atoms. The molecule has 6 heterocycles. The van der Waals surface area contributed by atoms with E-state index in [4.69, 9.17) is 11.1 Å². The summed E-state index contributed by atoms with van der Waals surface area (Å²) in [4.78, 5) is 29.3. The molecular weight excluding hydrogens is 456 g/mol. The zero-order valence-electron chi connectivity index (χ0n) is 19.3. The molecule has 0 saturated carbocycles. The molecule has 6 rings (SSSR count). The lowest BCUT2D eigenvalue weighted by atomic mass is 10.0. The Morgan fingerprint density at radius 2 is 1.58 bits per heavy atom. The number of allylic oxidation sites excluding steroid dienone is 6. The predicted octanol–water partition coefficient (Wildman–Crippen LogP) is 1.30. The molecule has 0 saturated heterocycles. The first-order valence-electron chi connectivity index (χ1n) is 11.4. The first-order chi connectivity index (χ1) is 17.7. The van der Waals surface area contributed by atoms with Crippen molar-refractivity contribution in [2.75, 3.05) is 25.4 Å².